The molecule has 0 N–H and O–H groups in total. The number of nitrogens with zero attached hydrogens (tertiary/aromatic N) is 2. The number of esters is 1. The molecule has 0 saturated heterocycles. The van der Waals surface area contributed by atoms with E-state index in [9.17, 15) is 14.4 Å². The number of hydrogen-bond acceptors (Lipinski definition) is 6. The summed E-state index contributed by atoms with van der Waals surface area (Å²) in [6.45, 7) is 2.34. The molecule has 0 radical (unpaired) electrons. The lowest BCUT2D eigenvalue weighted by molar-refractivity contribution is -0.141. The highest BCUT2D eigenvalue weighted by Crippen LogP contribution is 2.24. The molecule has 0 aliphatic carbocycles. The Bertz CT molecular complexity index is 1420. The van der Waals surface area contributed by atoms with Crippen molar-refractivity contribution < 1.29 is 23.9 Å². The van der Waals surface area contributed by atoms with Gasteiger partial charge in [0, 0.05) is 16.7 Å². The molecule has 0 aliphatic rings. The average Bonchev–Trinajstić information content (AvgIpc) is 3.20. The van der Waals surface area contributed by atoms with Crippen LogP contribution in [0.25, 0.3) is 10.2 Å². The lowest BCUT2D eigenvalue weighted by Gasteiger charge is -2.05. The minimum atomic E-state index is -0.478. The Labute approximate surface area is 199 Å². The predicted molar refractivity (Wildman–Crippen MR) is 129 cm³/mol. The molecule has 0 bridgehead atoms. The monoisotopic (exact) mass is 474 g/mol. The van der Waals surface area contributed by atoms with E-state index in [1.165, 1.54) is 18.4 Å². The molecular formula is C26H22N2O5S. The number of rotatable bonds is 7. The summed E-state index contributed by atoms with van der Waals surface area (Å²) in [6, 6.07) is 20.8. The Morgan fingerprint density at radius 2 is 1.59 bits per heavy atom. The fraction of sp³-hybridized carbons (Fsp3) is 0.154. The van der Waals surface area contributed by atoms with Crippen LogP contribution in [0.4, 0.5) is 0 Å². The van der Waals surface area contributed by atoms with Gasteiger partial charge in [0.1, 0.15) is 12.3 Å². The van der Waals surface area contributed by atoms with E-state index >= 15 is 0 Å². The number of ketones is 1. The molecule has 8 heteroatoms. The molecule has 3 aromatic carbocycles. The molecule has 1 amide bonds. The number of amides is 1. The molecule has 34 heavy (non-hydrogen) atoms. The Kier molecular flexibility index (Phi) is 6.98. The second-order valence-corrected chi connectivity index (χ2v) is 8.31. The Morgan fingerprint density at radius 1 is 0.912 bits per heavy atom. The van der Waals surface area contributed by atoms with Crippen molar-refractivity contribution in [3.8, 4) is 5.75 Å². The second kappa shape index (κ2) is 10.3. The topological polar surface area (TPSA) is 87.0 Å². The first-order valence-corrected chi connectivity index (χ1v) is 11.4. The first kappa shape index (κ1) is 23.1. The van der Waals surface area contributed by atoms with Crippen molar-refractivity contribution in [2.45, 2.75) is 13.5 Å². The van der Waals surface area contributed by atoms with Crippen molar-refractivity contribution >= 4 is 39.2 Å². The minimum Gasteiger partial charge on any atom is -0.494 e. The summed E-state index contributed by atoms with van der Waals surface area (Å²) in [7, 11) is 1.31. The number of hydrogen-bond donors (Lipinski definition) is 0. The first-order chi connectivity index (χ1) is 16.5. The Hall–Kier alpha value is -4.04. The number of aromatic nitrogens is 1. The van der Waals surface area contributed by atoms with E-state index in [0.717, 1.165) is 10.2 Å². The maximum Gasteiger partial charge on any atom is 0.325 e. The van der Waals surface area contributed by atoms with Gasteiger partial charge in [-0.05, 0) is 37.3 Å². The van der Waals surface area contributed by atoms with E-state index in [1.807, 2.05) is 25.1 Å². The van der Waals surface area contributed by atoms with Gasteiger partial charge in [-0.2, -0.15) is 4.99 Å². The molecule has 172 valence electrons. The number of methoxy groups -OCH3 is 1. The van der Waals surface area contributed by atoms with Gasteiger partial charge < -0.3 is 14.0 Å². The van der Waals surface area contributed by atoms with Crippen LogP contribution in [-0.2, 0) is 16.1 Å². The summed E-state index contributed by atoms with van der Waals surface area (Å²) in [4.78, 5) is 42.2. The van der Waals surface area contributed by atoms with E-state index < -0.39 is 11.9 Å². The fourth-order valence-electron chi connectivity index (χ4n) is 3.41. The van der Waals surface area contributed by atoms with Crippen LogP contribution in [0.1, 0.15) is 33.2 Å². The second-order valence-electron chi connectivity index (χ2n) is 7.30. The minimum absolute atomic E-state index is 0.0822. The molecule has 1 heterocycles. The van der Waals surface area contributed by atoms with Crippen LogP contribution in [0, 0.1) is 0 Å². The van der Waals surface area contributed by atoms with Gasteiger partial charge in [0.2, 0.25) is 0 Å². The van der Waals surface area contributed by atoms with Crippen LogP contribution < -0.4 is 9.54 Å². The summed E-state index contributed by atoms with van der Waals surface area (Å²) in [5, 5.41) is 0. The van der Waals surface area contributed by atoms with Gasteiger partial charge in [-0.1, -0.05) is 53.8 Å². The summed E-state index contributed by atoms with van der Waals surface area (Å²) >= 11 is 1.28. The van der Waals surface area contributed by atoms with Gasteiger partial charge in [0.05, 0.1) is 23.9 Å². The van der Waals surface area contributed by atoms with Gasteiger partial charge in [-0.3, -0.25) is 14.4 Å². The van der Waals surface area contributed by atoms with E-state index in [2.05, 4.69) is 4.99 Å². The number of carbonyl (C=O) groups is 3. The average molecular weight is 475 g/mol. The summed E-state index contributed by atoms with van der Waals surface area (Å²) < 4.78 is 12.8. The molecule has 4 rings (SSSR count). The highest BCUT2D eigenvalue weighted by molar-refractivity contribution is 7.16. The van der Waals surface area contributed by atoms with Gasteiger partial charge in [0.25, 0.3) is 5.91 Å². The Morgan fingerprint density at radius 3 is 2.26 bits per heavy atom. The quantitative estimate of drug-likeness (QED) is 0.295. The number of benzene rings is 3. The molecule has 0 atom stereocenters. The van der Waals surface area contributed by atoms with Crippen LogP contribution in [0.3, 0.4) is 0 Å². The zero-order valence-corrected chi connectivity index (χ0v) is 19.5. The lowest BCUT2D eigenvalue weighted by atomic mass is 10.0. The number of fused-ring (bicyclic) bond motifs is 1. The van der Waals surface area contributed by atoms with E-state index in [1.54, 1.807) is 59.2 Å². The van der Waals surface area contributed by atoms with E-state index in [4.69, 9.17) is 9.47 Å². The van der Waals surface area contributed by atoms with Crippen molar-refractivity contribution in [3.05, 3.63) is 94.3 Å². The number of thiazole rings is 1. The van der Waals surface area contributed by atoms with Crippen LogP contribution >= 0.6 is 11.3 Å². The molecule has 1 aromatic heterocycles. The van der Waals surface area contributed by atoms with E-state index in [0.29, 0.717) is 33.8 Å². The maximum absolute atomic E-state index is 12.9. The third-order valence-electron chi connectivity index (χ3n) is 5.11. The van der Waals surface area contributed by atoms with Crippen molar-refractivity contribution in [1.29, 1.82) is 0 Å². The van der Waals surface area contributed by atoms with Crippen molar-refractivity contribution in [3.63, 3.8) is 0 Å². The van der Waals surface area contributed by atoms with Gasteiger partial charge in [0.15, 0.2) is 10.6 Å². The summed E-state index contributed by atoms with van der Waals surface area (Å²) in [5.74, 6) is -0.361. The third-order valence-corrected chi connectivity index (χ3v) is 6.15. The smallest absolute Gasteiger partial charge is 0.325 e. The van der Waals surface area contributed by atoms with Gasteiger partial charge in [-0.15, -0.1) is 0 Å². The molecule has 0 aliphatic heterocycles. The standard InChI is InChI=1S/C26H22N2O5S/c1-3-33-20-13-14-21-22(15-20)34-26(28(21)16-23(29)32-2)27-25(31)19-11-9-18(10-12-19)24(30)17-7-5-4-6-8-17/h4-15H,3,16H2,1-2H3. The van der Waals surface area contributed by atoms with Crippen LogP contribution in [0.2, 0.25) is 0 Å². The molecule has 4 aromatic rings. The zero-order chi connectivity index (χ0) is 24.1. The molecule has 0 saturated carbocycles. The van der Waals surface area contributed by atoms with E-state index in [-0.39, 0.29) is 12.3 Å². The molecule has 0 unspecified atom stereocenters. The lowest BCUT2D eigenvalue weighted by Crippen LogP contribution is -2.22. The molecule has 7 nitrogen and oxygen atoms in total. The maximum atomic E-state index is 12.9. The summed E-state index contributed by atoms with van der Waals surface area (Å²) in [6.07, 6.45) is 0. The highest BCUT2D eigenvalue weighted by atomic mass is 32.1. The predicted octanol–water partition coefficient (Wildman–Crippen LogP) is 4.25. The van der Waals surface area contributed by atoms with Crippen LogP contribution in [-0.4, -0.2) is 35.9 Å². The van der Waals surface area contributed by atoms with Crippen LogP contribution in [0.5, 0.6) is 5.75 Å². The van der Waals surface area contributed by atoms with Crippen molar-refractivity contribution in [2.75, 3.05) is 13.7 Å². The highest BCUT2D eigenvalue weighted by Gasteiger charge is 2.14. The van der Waals surface area contributed by atoms with Gasteiger partial charge in [-0.25, -0.2) is 0 Å². The molecule has 0 spiro atoms. The largest absolute Gasteiger partial charge is 0.494 e. The van der Waals surface area contributed by atoms with Crippen molar-refractivity contribution in [2.24, 2.45) is 4.99 Å². The zero-order valence-electron chi connectivity index (χ0n) is 18.7. The third kappa shape index (κ3) is 4.97. The normalized spacial score (nSPS) is 11.4. The Balaban J connectivity index is 1.68. The van der Waals surface area contributed by atoms with Crippen LogP contribution in [0.15, 0.2) is 77.8 Å². The fourth-order valence-corrected chi connectivity index (χ4v) is 4.47. The number of carbonyl (C=O) groups excluding carboxylic acids is 3. The first-order valence-electron chi connectivity index (χ1n) is 10.6. The van der Waals surface area contributed by atoms with Gasteiger partial charge >= 0.3 is 5.97 Å². The molecular weight excluding hydrogens is 452 g/mol. The summed E-state index contributed by atoms with van der Waals surface area (Å²) in [5.41, 5.74) is 2.14. The number of ether oxygens (including phenoxy) is 2. The SMILES string of the molecule is CCOc1ccc2c(c1)sc(=NC(=O)c1ccc(C(=O)c3ccccc3)cc1)n2CC(=O)OC. The van der Waals surface area contributed by atoms with Crippen molar-refractivity contribution in [1.82, 2.24) is 4.57 Å². The molecule has 0 fully saturated rings.